The first-order chi connectivity index (χ1) is 10.8. The van der Waals surface area contributed by atoms with Crippen molar-refractivity contribution in [3.63, 3.8) is 0 Å². The van der Waals surface area contributed by atoms with Crippen LogP contribution in [0.1, 0.15) is 6.42 Å². The summed E-state index contributed by atoms with van der Waals surface area (Å²) in [6, 6.07) is 5.89. The van der Waals surface area contributed by atoms with Gasteiger partial charge in [-0.2, -0.15) is 0 Å². The molecule has 1 aliphatic rings. The molecular weight excluding hydrogens is 302 g/mol. The summed E-state index contributed by atoms with van der Waals surface area (Å²) in [5.74, 6) is 0.768. The van der Waals surface area contributed by atoms with Gasteiger partial charge in [-0.05, 0) is 24.6 Å². The summed E-state index contributed by atoms with van der Waals surface area (Å²) in [5.41, 5.74) is 0.969. The molecule has 2 atom stereocenters. The Balaban J connectivity index is 1.74. The van der Waals surface area contributed by atoms with Crippen LogP contribution in [0.15, 0.2) is 43.0 Å². The molecule has 0 aromatic carbocycles. The summed E-state index contributed by atoms with van der Waals surface area (Å²) in [6.45, 7) is 1.35. The first-order valence-corrected chi connectivity index (χ1v) is 7.57. The Labute approximate surface area is 134 Å². The van der Waals surface area contributed by atoms with Gasteiger partial charge in [0.05, 0.1) is 29.1 Å². The van der Waals surface area contributed by atoms with Crippen LogP contribution in [-0.2, 0) is 4.74 Å². The van der Waals surface area contributed by atoms with E-state index in [4.69, 9.17) is 21.1 Å². The van der Waals surface area contributed by atoms with Crippen LogP contribution < -0.4 is 9.64 Å². The number of nitrogens with zero attached hydrogens (tertiary/aromatic N) is 3. The third-order valence-corrected chi connectivity index (χ3v) is 4.14. The fraction of sp³-hybridized carbons (Fsp3) is 0.375. The Kier molecular flexibility index (Phi) is 4.75. The standard InChI is InChI=1S/C16H18ClN3O2/c1-21-14-7-12(11-22-13-3-2-5-18-8-13)20(10-14)16-4-6-19-9-15(16)17/h2-6,8-9,12,14H,7,10-11H2,1H3/t12-,14+/m0/s1. The van der Waals surface area contributed by atoms with E-state index in [-0.39, 0.29) is 12.1 Å². The molecule has 2 aromatic rings. The van der Waals surface area contributed by atoms with Gasteiger partial charge in [-0.25, -0.2) is 0 Å². The van der Waals surface area contributed by atoms with Gasteiger partial charge in [0.25, 0.3) is 0 Å². The largest absolute Gasteiger partial charge is 0.490 e. The van der Waals surface area contributed by atoms with E-state index in [2.05, 4.69) is 14.9 Å². The molecule has 0 radical (unpaired) electrons. The second-order valence-corrected chi connectivity index (χ2v) is 5.63. The van der Waals surface area contributed by atoms with Crippen LogP contribution in [-0.4, -0.2) is 42.4 Å². The number of anilines is 1. The van der Waals surface area contributed by atoms with Crippen molar-refractivity contribution in [3.8, 4) is 5.75 Å². The van der Waals surface area contributed by atoms with Gasteiger partial charge in [-0.15, -0.1) is 0 Å². The fourth-order valence-corrected chi connectivity index (χ4v) is 2.95. The number of ether oxygens (including phenoxy) is 2. The van der Waals surface area contributed by atoms with Gasteiger partial charge < -0.3 is 14.4 Å². The van der Waals surface area contributed by atoms with Crippen LogP contribution >= 0.6 is 11.6 Å². The Morgan fingerprint density at radius 1 is 1.27 bits per heavy atom. The number of aromatic nitrogens is 2. The molecule has 0 amide bonds. The molecule has 0 spiro atoms. The number of methoxy groups -OCH3 is 1. The van der Waals surface area contributed by atoms with Gasteiger partial charge in [-0.1, -0.05) is 11.6 Å². The maximum absolute atomic E-state index is 6.28. The van der Waals surface area contributed by atoms with Crippen molar-refractivity contribution in [2.75, 3.05) is 25.2 Å². The van der Waals surface area contributed by atoms with Crippen molar-refractivity contribution < 1.29 is 9.47 Å². The molecule has 0 saturated carbocycles. The van der Waals surface area contributed by atoms with E-state index in [1.54, 1.807) is 31.9 Å². The monoisotopic (exact) mass is 319 g/mol. The molecule has 6 heteroatoms. The van der Waals surface area contributed by atoms with Crippen LogP contribution in [0.25, 0.3) is 0 Å². The van der Waals surface area contributed by atoms with Crippen molar-refractivity contribution in [3.05, 3.63) is 48.0 Å². The van der Waals surface area contributed by atoms with Crippen molar-refractivity contribution in [1.82, 2.24) is 9.97 Å². The molecule has 0 unspecified atom stereocenters. The molecule has 0 N–H and O–H groups in total. The molecule has 116 valence electrons. The summed E-state index contributed by atoms with van der Waals surface area (Å²) in [4.78, 5) is 10.3. The van der Waals surface area contributed by atoms with Crippen LogP contribution in [0.3, 0.4) is 0 Å². The molecule has 2 aromatic heterocycles. The number of hydrogen-bond donors (Lipinski definition) is 0. The van der Waals surface area contributed by atoms with E-state index >= 15 is 0 Å². The molecule has 0 aliphatic carbocycles. The third kappa shape index (κ3) is 3.31. The quantitative estimate of drug-likeness (QED) is 0.848. The number of rotatable bonds is 5. The van der Waals surface area contributed by atoms with Crippen molar-refractivity contribution in [1.29, 1.82) is 0 Å². The average molecular weight is 320 g/mol. The minimum atomic E-state index is 0.173. The van der Waals surface area contributed by atoms with E-state index in [0.717, 1.165) is 24.4 Å². The van der Waals surface area contributed by atoms with Crippen molar-refractivity contribution >= 4 is 17.3 Å². The van der Waals surface area contributed by atoms with Gasteiger partial charge in [0.2, 0.25) is 0 Å². The maximum atomic E-state index is 6.28. The first kappa shape index (κ1) is 15.1. The normalized spacial score (nSPS) is 21.1. The highest BCUT2D eigenvalue weighted by molar-refractivity contribution is 6.33. The smallest absolute Gasteiger partial charge is 0.137 e. The second-order valence-electron chi connectivity index (χ2n) is 5.23. The lowest BCUT2D eigenvalue weighted by atomic mass is 10.2. The summed E-state index contributed by atoms with van der Waals surface area (Å²) < 4.78 is 11.4. The molecule has 22 heavy (non-hydrogen) atoms. The van der Waals surface area contributed by atoms with Gasteiger partial charge in [0, 0.05) is 32.2 Å². The second kappa shape index (κ2) is 6.94. The van der Waals surface area contributed by atoms with E-state index in [1.807, 2.05) is 18.2 Å². The summed E-state index contributed by atoms with van der Waals surface area (Å²) in [7, 11) is 1.74. The lowest BCUT2D eigenvalue weighted by molar-refractivity contribution is 0.115. The van der Waals surface area contributed by atoms with Crippen LogP contribution in [0.5, 0.6) is 5.75 Å². The highest BCUT2D eigenvalue weighted by Gasteiger charge is 2.33. The molecule has 1 fully saturated rings. The van der Waals surface area contributed by atoms with E-state index in [1.165, 1.54) is 0 Å². The zero-order valence-corrected chi connectivity index (χ0v) is 13.1. The van der Waals surface area contributed by atoms with E-state index in [0.29, 0.717) is 11.6 Å². The molecule has 0 bridgehead atoms. The zero-order valence-electron chi connectivity index (χ0n) is 12.4. The van der Waals surface area contributed by atoms with Gasteiger partial charge in [0.15, 0.2) is 0 Å². The first-order valence-electron chi connectivity index (χ1n) is 7.19. The average Bonchev–Trinajstić information content (AvgIpc) is 2.97. The van der Waals surface area contributed by atoms with Crippen LogP contribution in [0, 0.1) is 0 Å². The summed E-state index contributed by atoms with van der Waals surface area (Å²) in [6.07, 6.45) is 7.93. The summed E-state index contributed by atoms with van der Waals surface area (Å²) >= 11 is 6.28. The molecule has 3 heterocycles. The Morgan fingerprint density at radius 3 is 2.86 bits per heavy atom. The fourth-order valence-electron chi connectivity index (χ4n) is 2.72. The van der Waals surface area contributed by atoms with Crippen LogP contribution in [0.2, 0.25) is 5.02 Å². The highest BCUT2D eigenvalue weighted by atomic mass is 35.5. The SMILES string of the molecule is CO[C@@H]1C[C@@H](COc2cccnc2)N(c2ccncc2Cl)C1. The third-order valence-electron chi connectivity index (χ3n) is 3.85. The number of halogens is 1. The van der Waals surface area contributed by atoms with E-state index < -0.39 is 0 Å². The Morgan fingerprint density at radius 2 is 2.14 bits per heavy atom. The van der Waals surface area contributed by atoms with Gasteiger partial charge in [-0.3, -0.25) is 9.97 Å². The molecule has 5 nitrogen and oxygen atoms in total. The minimum Gasteiger partial charge on any atom is -0.490 e. The maximum Gasteiger partial charge on any atom is 0.137 e. The van der Waals surface area contributed by atoms with Gasteiger partial charge in [0.1, 0.15) is 12.4 Å². The Hall–Kier alpha value is -1.85. The molecule has 1 aliphatic heterocycles. The zero-order chi connectivity index (χ0) is 15.4. The molecule has 1 saturated heterocycles. The highest BCUT2D eigenvalue weighted by Crippen LogP contribution is 2.32. The topological polar surface area (TPSA) is 47.5 Å². The minimum absolute atomic E-state index is 0.173. The van der Waals surface area contributed by atoms with E-state index in [9.17, 15) is 0 Å². The number of pyridine rings is 2. The molecule has 3 rings (SSSR count). The number of hydrogen-bond acceptors (Lipinski definition) is 5. The Bertz CT molecular complexity index is 611. The van der Waals surface area contributed by atoms with Crippen molar-refractivity contribution in [2.24, 2.45) is 0 Å². The van der Waals surface area contributed by atoms with Crippen LogP contribution in [0.4, 0.5) is 5.69 Å². The lowest BCUT2D eigenvalue weighted by Gasteiger charge is -2.27. The molecular formula is C16H18ClN3O2. The summed E-state index contributed by atoms with van der Waals surface area (Å²) in [5, 5.41) is 0.644. The predicted molar refractivity (Wildman–Crippen MR) is 85.5 cm³/mol. The van der Waals surface area contributed by atoms with Crippen molar-refractivity contribution in [2.45, 2.75) is 18.6 Å². The lowest BCUT2D eigenvalue weighted by Crippen LogP contribution is -2.34. The predicted octanol–water partition coefficient (Wildman–Crippen LogP) is 2.80. The van der Waals surface area contributed by atoms with Gasteiger partial charge >= 0.3 is 0 Å².